The Morgan fingerprint density at radius 2 is 2.09 bits per heavy atom. The Morgan fingerprint density at radius 3 is 2.64 bits per heavy atom. The number of nitrogens with zero attached hydrogens (tertiary/aromatic N) is 4. The van der Waals surface area contributed by atoms with Crippen LogP contribution in [0.15, 0.2) is 6.33 Å². The Hall–Kier alpha value is -1.63. The fourth-order valence-corrected chi connectivity index (χ4v) is 2.45. The van der Waals surface area contributed by atoms with Gasteiger partial charge >= 0.3 is 6.09 Å². The number of carbonyl (C=O) groups is 1. The molecule has 1 N–H and O–H groups in total. The molecule has 1 aliphatic heterocycles. The average Bonchev–Trinajstić information content (AvgIpc) is 2.69. The molecule has 0 aromatic carbocycles. The molecular formula is C15H26N4O3. The minimum absolute atomic E-state index is 0.260. The molecule has 2 rings (SSSR count). The van der Waals surface area contributed by atoms with Crippen molar-refractivity contribution in [2.75, 3.05) is 13.1 Å². The molecule has 7 nitrogen and oxygen atoms in total. The molecule has 7 heteroatoms. The Balaban J connectivity index is 1.91. The van der Waals surface area contributed by atoms with Crippen molar-refractivity contribution in [3.05, 3.63) is 12.2 Å². The van der Waals surface area contributed by atoms with Crippen LogP contribution < -0.4 is 0 Å². The maximum absolute atomic E-state index is 11.9. The Labute approximate surface area is 131 Å². The van der Waals surface area contributed by atoms with Gasteiger partial charge in [-0.25, -0.2) is 14.5 Å². The van der Waals surface area contributed by atoms with E-state index >= 15 is 0 Å². The summed E-state index contributed by atoms with van der Waals surface area (Å²) >= 11 is 0. The summed E-state index contributed by atoms with van der Waals surface area (Å²) < 4.78 is 7.11. The highest BCUT2D eigenvalue weighted by molar-refractivity contribution is 5.69. The van der Waals surface area contributed by atoms with E-state index in [1.165, 1.54) is 11.2 Å². The van der Waals surface area contributed by atoms with Crippen LogP contribution in [0.4, 0.5) is 4.79 Å². The third-order valence-corrected chi connectivity index (χ3v) is 3.34. The van der Waals surface area contributed by atoms with Gasteiger partial charge in [0.15, 0.2) is 0 Å². The number of amides is 1. The van der Waals surface area contributed by atoms with E-state index in [9.17, 15) is 9.90 Å². The molecule has 1 aromatic heterocycles. The van der Waals surface area contributed by atoms with E-state index in [2.05, 4.69) is 23.9 Å². The van der Waals surface area contributed by atoms with Gasteiger partial charge in [-0.3, -0.25) is 0 Å². The molecule has 1 aromatic rings. The van der Waals surface area contributed by atoms with Gasteiger partial charge in [0.2, 0.25) is 0 Å². The van der Waals surface area contributed by atoms with Crippen molar-refractivity contribution in [3.8, 4) is 0 Å². The van der Waals surface area contributed by atoms with E-state index in [1.54, 1.807) is 0 Å². The second-order valence-electron chi connectivity index (χ2n) is 7.49. The van der Waals surface area contributed by atoms with E-state index in [1.807, 2.05) is 25.5 Å². The highest BCUT2D eigenvalue weighted by Gasteiger charge is 2.46. The third kappa shape index (κ3) is 4.19. The molecule has 0 aliphatic carbocycles. The zero-order chi connectivity index (χ0) is 16.5. The lowest BCUT2D eigenvalue weighted by atomic mass is 9.90. The van der Waals surface area contributed by atoms with Gasteiger partial charge in [0.1, 0.15) is 23.4 Å². The van der Waals surface area contributed by atoms with Gasteiger partial charge in [-0.05, 0) is 26.7 Å². The second-order valence-corrected chi connectivity index (χ2v) is 7.49. The number of likely N-dealkylation sites (tertiary alicyclic amines) is 1. The summed E-state index contributed by atoms with van der Waals surface area (Å²) in [6.07, 6.45) is 1.51. The fraction of sp³-hybridized carbons (Fsp3) is 0.800. The molecule has 22 heavy (non-hydrogen) atoms. The standard InChI is InChI=1S/C15H26N4O3/c1-11(2)7-19-12(16-10-17-19)6-15(21)8-18(9-15)13(20)22-14(3,4)5/h10-11,21H,6-9H2,1-5H3. The van der Waals surface area contributed by atoms with Crippen molar-refractivity contribution in [2.45, 2.75) is 58.8 Å². The van der Waals surface area contributed by atoms with Gasteiger partial charge in [-0.2, -0.15) is 5.10 Å². The van der Waals surface area contributed by atoms with Gasteiger partial charge in [-0.15, -0.1) is 0 Å². The lowest BCUT2D eigenvalue weighted by Gasteiger charge is -2.46. The van der Waals surface area contributed by atoms with Crippen LogP contribution in [0.1, 0.15) is 40.4 Å². The first-order valence-corrected chi connectivity index (χ1v) is 7.65. The molecule has 0 bridgehead atoms. The molecule has 0 atom stereocenters. The maximum Gasteiger partial charge on any atom is 0.410 e. The van der Waals surface area contributed by atoms with Crippen molar-refractivity contribution in [1.29, 1.82) is 0 Å². The molecule has 2 heterocycles. The highest BCUT2D eigenvalue weighted by atomic mass is 16.6. The average molecular weight is 310 g/mol. The smallest absolute Gasteiger partial charge is 0.410 e. The number of hydrogen-bond acceptors (Lipinski definition) is 5. The van der Waals surface area contributed by atoms with E-state index in [0.29, 0.717) is 12.3 Å². The van der Waals surface area contributed by atoms with E-state index in [4.69, 9.17) is 4.74 Å². The van der Waals surface area contributed by atoms with Crippen molar-refractivity contribution in [1.82, 2.24) is 19.7 Å². The zero-order valence-electron chi connectivity index (χ0n) is 14.0. The van der Waals surface area contributed by atoms with Crippen LogP contribution >= 0.6 is 0 Å². The number of hydrogen-bond donors (Lipinski definition) is 1. The van der Waals surface area contributed by atoms with Gasteiger partial charge in [0, 0.05) is 13.0 Å². The zero-order valence-corrected chi connectivity index (χ0v) is 14.0. The van der Waals surface area contributed by atoms with Crippen molar-refractivity contribution in [3.63, 3.8) is 0 Å². The third-order valence-electron chi connectivity index (χ3n) is 3.34. The molecule has 1 saturated heterocycles. The van der Waals surface area contributed by atoms with E-state index < -0.39 is 11.2 Å². The highest BCUT2D eigenvalue weighted by Crippen LogP contribution is 2.26. The number of carbonyl (C=O) groups excluding carboxylic acids is 1. The molecule has 0 saturated carbocycles. The SMILES string of the molecule is CC(C)Cn1ncnc1CC1(O)CN(C(=O)OC(C)(C)C)C1. The number of aliphatic hydroxyl groups is 1. The van der Waals surface area contributed by atoms with Crippen molar-refractivity contribution in [2.24, 2.45) is 5.92 Å². The van der Waals surface area contributed by atoms with Crippen LogP contribution in [0, 0.1) is 5.92 Å². The van der Waals surface area contributed by atoms with E-state index in [0.717, 1.165) is 12.4 Å². The minimum atomic E-state index is -0.946. The summed E-state index contributed by atoms with van der Waals surface area (Å²) in [6.45, 7) is 11.0. The summed E-state index contributed by atoms with van der Waals surface area (Å²) in [5, 5.41) is 14.7. The summed E-state index contributed by atoms with van der Waals surface area (Å²) in [6, 6.07) is 0. The maximum atomic E-state index is 11.9. The topological polar surface area (TPSA) is 80.5 Å². The fourth-order valence-electron chi connectivity index (χ4n) is 2.45. The van der Waals surface area contributed by atoms with E-state index in [-0.39, 0.29) is 19.2 Å². The summed E-state index contributed by atoms with van der Waals surface area (Å²) in [5.41, 5.74) is -1.47. The molecule has 0 unspecified atom stereocenters. The first-order chi connectivity index (χ1) is 10.1. The summed E-state index contributed by atoms with van der Waals surface area (Å²) in [4.78, 5) is 17.6. The van der Waals surface area contributed by atoms with Crippen LogP contribution in [0.5, 0.6) is 0 Å². The van der Waals surface area contributed by atoms with Gasteiger partial charge in [0.25, 0.3) is 0 Å². The Bertz CT molecular complexity index is 527. The monoisotopic (exact) mass is 310 g/mol. The van der Waals surface area contributed by atoms with Crippen molar-refractivity contribution >= 4 is 6.09 Å². The second kappa shape index (κ2) is 5.87. The molecule has 1 amide bonds. The normalized spacial score (nSPS) is 17.5. The van der Waals surface area contributed by atoms with Crippen LogP contribution in [-0.4, -0.2) is 55.2 Å². The van der Waals surface area contributed by atoms with Gasteiger partial charge in [0.05, 0.1) is 13.1 Å². The molecule has 1 fully saturated rings. The quantitative estimate of drug-likeness (QED) is 0.910. The Kier molecular flexibility index (Phi) is 4.47. The van der Waals surface area contributed by atoms with Gasteiger partial charge in [-0.1, -0.05) is 13.8 Å². The molecule has 0 radical (unpaired) electrons. The first kappa shape index (κ1) is 16.7. The lowest BCUT2D eigenvalue weighted by Crippen LogP contribution is -2.65. The van der Waals surface area contributed by atoms with Crippen LogP contribution in [0.25, 0.3) is 0 Å². The van der Waals surface area contributed by atoms with Crippen LogP contribution in [0.3, 0.4) is 0 Å². The van der Waals surface area contributed by atoms with Crippen molar-refractivity contribution < 1.29 is 14.6 Å². The summed E-state index contributed by atoms with van der Waals surface area (Å²) in [5.74, 6) is 1.20. The molecule has 124 valence electrons. The van der Waals surface area contributed by atoms with Gasteiger partial charge < -0.3 is 14.7 Å². The summed E-state index contributed by atoms with van der Waals surface area (Å²) in [7, 11) is 0. The molecule has 1 aliphatic rings. The Morgan fingerprint density at radius 1 is 1.45 bits per heavy atom. The van der Waals surface area contributed by atoms with Crippen LogP contribution in [-0.2, 0) is 17.7 Å². The lowest BCUT2D eigenvalue weighted by molar-refractivity contribution is -0.0987. The number of β-amino-alcohol motifs (C(OH)–C–C–N with tert-alkyl or cyclic N) is 1. The predicted molar refractivity (Wildman–Crippen MR) is 81.3 cm³/mol. The first-order valence-electron chi connectivity index (χ1n) is 7.65. The van der Waals surface area contributed by atoms with Crippen LogP contribution in [0.2, 0.25) is 0 Å². The molecule has 0 spiro atoms. The predicted octanol–water partition coefficient (Wildman–Crippen LogP) is 1.46. The number of rotatable bonds is 4. The molecular weight excluding hydrogens is 284 g/mol. The number of ether oxygens (including phenoxy) is 1. The largest absolute Gasteiger partial charge is 0.444 e. The minimum Gasteiger partial charge on any atom is -0.444 e. The number of aromatic nitrogens is 3.